The van der Waals surface area contributed by atoms with Gasteiger partial charge >= 0.3 is 0 Å². The van der Waals surface area contributed by atoms with Crippen LogP contribution >= 0.6 is 0 Å². The maximum atomic E-state index is 12.6. The second-order valence-electron chi connectivity index (χ2n) is 5.89. The van der Waals surface area contributed by atoms with Gasteiger partial charge in [-0.25, -0.2) is 0 Å². The number of carbonyl (C=O) groups is 2. The van der Waals surface area contributed by atoms with Crippen molar-refractivity contribution in [2.45, 2.75) is 0 Å². The second kappa shape index (κ2) is 8.73. The minimum atomic E-state index is -0.337. The Labute approximate surface area is 163 Å². The highest BCUT2D eigenvalue weighted by atomic mass is 16.5. The first-order chi connectivity index (χ1) is 13.6. The van der Waals surface area contributed by atoms with Gasteiger partial charge in [0.2, 0.25) is 0 Å². The predicted molar refractivity (Wildman–Crippen MR) is 108 cm³/mol. The maximum Gasteiger partial charge on any atom is 0.255 e. The molecule has 2 amide bonds. The van der Waals surface area contributed by atoms with Crippen LogP contribution in [0.3, 0.4) is 0 Å². The van der Waals surface area contributed by atoms with Crippen LogP contribution in [0.4, 0.5) is 11.4 Å². The number of rotatable bonds is 6. The number of anilines is 2. The number of methoxy groups -OCH3 is 2. The molecule has 0 fully saturated rings. The third-order valence-corrected chi connectivity index (χ3v) is 4.10. The smallest absolute Gasteiger partial charge is 0.255 e. The molecule has 0 heterocycles. The summed E-state index contributed by atoms with van der Waals surface area (Å²) in [6.45, 7) is 0. The molecule has 28 heavy (non-hydrogen) atoms. The lowest BCUT2D eigenvalue weighted by molar-refractivity contribution is 0.102. The van der Waals surface area contributed by atoms with Crippen molar-refractivity contribution in [1.82, 2.24) is 0 Å². The molecule has 0 unspecified atom stereocenters. The van der Waals surface area contributed by atoms with E-state index in [0.29, 0.717) is 34.0 Å². The Balaban J connectivity index is 1.78. The Morgan fingerprint density at radius 2 is 1.07 bits per heavy atom. The lowest BCUT2D eigenvalue weighted by Gasteiger charge is -2.11. The van der Waals surface area contributed by atoms with Gasteiger partial charge < -0.3 is 20.1 Å². The summed E-state index contributed by atoms with van der Waals surface area (Å²) in [5, 5.41) is 5.59. The lowest BCUT2D eigenvalue weighted by atomic mass is 10.1. The highest BCUT2D eigenvalue weighted by Gasteiger charge is 2.14. The van der Waals surface area contributed by atoms with Crippen molar-refractivity contribution in [3.05, 3.63) is 83.9 Å². The summed E-state index contributed by atoms with van der Waals surface area (Å²) in [6, 6.07) is 20.7. The minimum Gasteiger partial charge on any atom is -0.495 e. The van der Waals surface area contributed by atoms with Crippen molar-refractivity contribution in [2.24, 2.45) is 0 Å². The Kier molecular flexibility index (Phi) is 5.91. The number of nitrogens with one attached hydrogen (secondary N) is 2. The number of hydrogen-bond acceptors (Lipinski definition) is 4. The van der Waals surface area contributed by atoms with Crippen LogP contribution in [0.5, 0.6) is 11.5 Å². The van der Waals surface area contributed by atoms with Crippen molar-refractivity contribution in [3.8, 4) is 11.5 Å². The van der Waals surface area contributed by atoms with Crippen LogP contribution in [0.1, 0.15) is 20.7 Å². The maximum absolute atomic E-state index is 12.6. The molecule has 142 valence electrons. The fourth-order valence-electron chi connectivity index (χ4n) is 2.69. The molecular formula is C22H20N2O4. The van der Waals surface area contributed by atoms with E-state index in [-0.39, 0.29) is 11.8 Å². The molecule has 0 bridgehead atoms. The van der Waals surface area contributed by atoms with Gasteiger partial charge in [0.1, 0.15) is 11.5 Å². The zero-order chi connectivity index (χ0) is 19.9. The van der Waals surface area contributed by atoms with Crippen LogP contribution < -0.4 is 20.1 Å². The first-order valence-corrected chi connectivity index (χ1v) is 8.61. The van der Waals surface area contributed by atoms with Crippen LogP contribution in [0.15, 0.2) is 72.8 Å². The molecule has 0 aliphatic carbocycles. The van der Waals surface area contributed by atoms with E-state index in [4.69, 9.17) is 9.47 Å². The molecule has 0 aromatic heterocycles. The summed E-state index contributed by atoms with van der Waals surface area (Å²) in [5.74, 6) is 0.440. The van der Waals surface area contributed by atoms with Crippen LogP contribution in [-0.2, 0) is 0 Å². The third-order valence-electron chi connectivity index (χ3n) is 4.10. The fourth-order valence-corrected chi connectivity index (χ4v) is 2.69. The summed E-state index contributed by atoms with van der Waals surface area (Å²) in [5.41, 5.74) is 1.83. The summed E-state index contributed by atoms with van der Waals surface area (Å²) in [6.07, 6.45) is 0. The highest BCUT2D eigenvalue weighted by molar-refractivity contribution is 6.09. The molecule has 3 aromatic rings. The van der Waals surface area contributed by atoms with Gasteiger partial charge in [0, 0.05) is 11.1 Å². The number of ether oxygens (including phenoxy) is 2. The summed E-state index contributed by atoms with van der Waals surface area (Å²) in [7, 11) is 3.07. The molecule has 6 nitrogen and oxygen atoms in total. The second-order valence-corrected chi connectivity index (χ2v) is 5.89. The quantitative estimate of drug-likeness (QED) is 0.676. The molecule has 0 aliphatic rings. The summed E-state index contributed by atoms with van der Waals surface area (Å²) < 4.78 is 10.5. The average molecular weight is 376 g/mol. The molecule has 0 saturated heterocycles. The average Bonchev–Trinajstić information content (AvgIpc) is 2.74. The molecule has 0 aliphatic heterocycles. The van der Waals surface area contributed by atoms with Crippen molar-refractivity contribution in [1.29, 1.82) is 0 Å². The molecule has 6 heteroatoms. The zero-order valence-corrected chi connectivity index (χ0v) is 15.6. The van der Waals surface area contributed by atoms with Gasteiger partial charge in [0.15, 0.2) is 0 Å². The van der Waals surface area contributed by atoms with Gasteiger partial charge in [-0.2, -0.15) is 0 Å². The van der Waals surface area contributed by atoms with Gasteiger partial charge in [-0.05, 0) is 42.5 Å². The number of hydrogen-bond donors (Lipinski definition) is 2. The van der Waals surface area contributed by atoms with Crippen LogP contribution in [0, 0.1) is 0 Å². The topological polar surface area (TPSA) is 76.7 Å². The number of benzene rings is 3. The largest absolute Gasteiger partial charge is 0.495 e. The zero-order valence-electron chi connectivity index (χ0n) is 15.6. The van der Waals surface area contributed by atoms with Crippen LogP contribution in [-0.4, -0.2) is 26.0 Å². The third kappa shape index (κ3) is 4.29. The van der Waals surface area contributed by atoms with Crippen molar-refractivity contribution in [2.75, 3.05) is 24.9 Å². The van der Waals surface area contributed by atoms with E-state index >= 15 is 0 Å². The van der Waals surface area contributed by atoms with Gasteiger partial charge in [-0.15, -0.1) is 0 Å². The van der Waals surface area contributed by atoms with Gasteiger partial charge in [0.05, 0.1) is 25.6 Å². The Hall–Kier alpha value is -3.80. The standard InChI is InChI=1S/C22H20N2O4/c1-27-19-12-5-3-10-17(19)23-21(25)15-8-7-9-16(14-15)22(26)24-18-11-4-6-13-20(18)28-2/h3-14H,1-2H3,(H,23,25)(H,24,26). The minimum absolute atomic E-state index is 0.337. The Morgan fingerprint density at radius 3 is 1.50 bits per heavy atom. The van der Waals surface area contributed by atoms with E-state index in [1.54, 1.807) is 54.6 Å². The highest BCUT2D eigenvalue weighted by Crippen LogP contribution is 2.25. The number of carbonyl (C=O) groups excluding carboxylic acids is 2. The monoisotopic (exact) mass is 376 g/mol. The van der Waals surface area contributed by atoms with Crippen LogP contribution in [0.25, 0.3) is 0 Å². The van der Waals surface area contributed by atoms with Gasteiger partial charge in [-0.1, -0.05) is 30.3 Å². The molecule has 0 saturated carbocycles. The summed E-state index contributed by atoms with van der Waals surface area (Å²) in [4.78, 5) is 25.2. The van der Waals surface area contributed by atoms with E-state index < -0.39 is 0 Å². The first-order valence-electron chi connectivity index (χ1n) is 8.61. The molecule has 2 N–H and O–H groups in total. The van der Waals surface area contributed by atoms with Crippen molar-refractivity contribution < 1.29 is 19.1 Å². The molecule has 0 radical (unpaired) electrons. The molecule has 0 spiro atoms. The van der Waals surface area contributed by atoms with Crippen molar-refractivity contribution >= 4 is 23.2 Å². The van der Waals surface area contributed by atoms with E-state index in [0.717, 1.165) is 0 Å². The molecule has 3 rings (SSSR count). The summed E-state index contributed by atoms with van der Waals surface area (Å²) >= 11 is 0. The lowest BCUT2D eigenvalue weighted by Crippen LogP contribution is -2.16. The molecule has 0 atom stereocenters. The first kappa shape index (κ1) is 19.0. The Morgan fingerprint density at radius 1 is 0.643 bits per heavy atom. The number of para-hydroxylation sites is 4. The van der Waals surface area contributed by atoms with E-state index in [1.807, 2.05) is 12.1 Å². The van der Waals surface area contributed by atoms with E-state index in [1.165, 1.54) is 20.3 Å². The predicted octanol–water partition coefficient (Wildman–Crippen LogP) is 4.21. The normalized spacial score (nSPS) is 10.1. The van der Waals surface area contributed by atoms with E-state index in [9.17, 15) is 9.59 Å². The number of amides is 2. The van der Waals surface area contributed by atoms with Gasteiger partial charge in [-0.3, -0.25) is 9.59 Å². The molecular weight excluding hydrogens is 356 g/mol. The van der Waals surface area contributed by atoms with Crippen molar-refractivity contribution in [3.63, 3.8) is 0 Å². The SMILES string of the molecule is COc1ccccc1NC(=O)c1cccc(C(=O)Nc2ccccc2OC)c1. The fraction of sp³-hybridized carbons (Fsp3) is 0.0909. The van der Waals surface area contributed by atoms with E-state index in [2.05, 4.69) is 10.6 Å². The molecule has 3 aromatic carbocycles. The Bertz CT molecular complexity index is 924. The van der Waals surface area contributed by atoms with Crippen LogP contribution in [0.2, 0.25) is 0 Å². The van der Waals surface area contributed by atoms with Gasteiger partial charge in [0.25, 0.3) is 11.8 Å².